The number of carbonyl (C=O) groups is 2. The molecule has 0 fully saturated rings. The molecule has 0 aliphatic heterocycles. The van der Waals surface area contributed by atoms with Gasteiger partial charge in [-0.25, -0.2) is 0 Å². The van der Waals surface area contributed by atoms with Crippen LogP contribution >= 0.6 is 11.6 Å². The van der Waals surface area contributed by atoms with Crippen LogP contribution in [0.5, 0.6) is 0 Å². The standard InChI is InChI=1S/C12H14ClNO3/c1-7(12(16)17)11(15)14-8(2)9-3-5-10(13)6-4-9/h3-8H,1-2H3,(H,14,15)(H,16,17). The van der Waals surface area contributed by atoms with Crippen molar-refractivity contribution in [3.8, 4) is 0 Å². The van der Waals surface area contributed by atoms with Crippen molar-refractivity contribution >= 4 is 23.5 Å². The van der Waals surface area contributed by atoms with E-state index in [1.807, 2.05) is 0 Å². The number of rotatable bonds is 4. The van der Waals surface area contributed by atoms with E-state index >= 15 is 0 Å². The van der Waals surface area contributed by atoms with Crippen molar-refractivity contribution in [2.75, 3.05) is 0 Å². The summed E-state index contributed by atoms with van der Waals surface area (Å²) >= 11 is 5.75. The highest BCUT2D eigenvalue weighted by molar-refractivity contribution is 6.30. The molecule has 5 heteroatoms. The Morgan fingerprint density at radius 1 is 1.24 bits per heavy atom. The number of carbonyl (C=O) groups excluding carboxylic acids is 1. The molecule has 17 heavy (non-hydrogen) atoms. The molecule has 0 saturated heterocycles. The minimum Gasteiger partial charge on any atom is -0.481 e. The number of carboxylic acids is 1. The first-order chi connectivity index (χ1) is 7.91. The molecule has 0 heterocycles. The lowest BCUT2D eigenvalue weighted by molar-refractivity contribution is -0.146. The van der Waals surface area contributed by atoms with E-state index in [1.165, 1.54) is 6.92 Å². The third-order valence-electron chi connectivity index (χ3n) is 2.49. The zero-order chi connectivity index (χ0) is 13.0. The monoisotopic (exact) mass is 255 g/mol. The number of hydrogen-bond acceptors (Lipinski definition) is 2. The first-order valence-electron chi connectivity index (χ1n) is 5.20. The number of aliphatic carboxylic acids is 1. The lowest BCUT2D eigenvalue weighted by atomic mass is 10.1. The topological polar surface area (TPSA) is 66.4 Å². The minimum atomic E-state index is -1.13. The second kappa shape index (κ2) is 5.68. The summed E-state index contributed by atoms with van der Waals surface area (Å²) in [4.78, 5) is 22.1. The van der Waals surface area contributed by atoms with Crippen molar-refractivity contribution in [3.05, 3.63) is 34.9 Å². The molecule has 0 aromatic heterocycles. The molecule has 0 aliphatic rings. The molecule has 0 aliphatic carbocycles. The summed E-state index contributed by atoms with van der Waals surface area (Å²) in [5, 5.41) is 11.9. The summed E-state index contributed by atoms with van der Waals surface area (Å²) in [7, 11) is 0. The van der Waals surface area contributed by atoms with Gasteiger partial charge in [-0.15, -0.1) is 0 Å². The van der Waals surface area contributed by atoms with Crippen LogP contribution in [-0.2, 0) is 9.59 Å². The van der Waals surface area contributed by atoms with Crippen molar-refractivity contribution in [1.29, 1.82) is 0 Å². The van der Waals surface area contributed by atoms with Gasteiger partial charge in [0.2, 0.25) is 5.91 Å². The maximum Gasteiger partial charge on any atom is 0.315 e. The molecule has 1 rings (SSSR count). The summed E-state index contributed by atoms with van der Waals surface area (Å²) < 4.78 is 0. The first-order valence-corrected chi connectivity index (χ1v) is 5.58. The van der Waals surface area contributed by atoms with Gasteiger partial charge in [0, 0.05) is 5.02 Å². The van der Waals surface area contributed by atoms with Crippen molar-refractivity contribution < 1.29 is 14.7 Å². The van der Waals surface area contributed by atoms with Gasteiger partial charge in [0.15, 0.2) is 0 Å². The third-order valence-corrected chi connectivity index (χ3v) is 2.74. The molecule has 0 spiro atoms. The Labute approximate surface area is 105 Å². The molecule has 1 amide bonds. The minimum absolute atomic E-state index is 0.249. The van der Waals surface area contributed by atoms with Gasteiger partial charge in [-0.2, -0.15) is 0 Å². The van der Waals surface area contributed by atoms with Crippen LogP contribution in [-0.4, -0.2) is 17.0 Å². The number of carboxylic acid groups (broad SMARTS) is 1. The Kier molecular flexibility index (Phi) is 4.52. The lowest BCUT2D eigenvalue weighted by Gasteiger charge is -2.16. The van der Waals surface area contributed by atoms with E-state index in [4.69, 9.17) is 16.7 Å². The van der Waals surface area contributed by atoms with Crippen molar-refractivity contribution in [2.24, 2.45) is 5.92 Å². The highest BCUT2D eigenvalue weighted by Gasteiger charge is 2.22. The van der Waals surface area contributed by atoms with Gasteiger partial charge in [0.05, 0.1) is 6.04 Å². The number of benzene rings is 1. The van der Waals surface area contributed by atoms with Gasteiger partial charge in [-0.3, -0.25) is 9.59 Å². The van der Waals surface area contributed by atoms with E-state index in [0.717, 1.165) is 5.56 Å². The summed E-state index contributed by atoms with van der Waals surface area (Å²) in [6.45, 7) is 3.14. The quantitative estimate of drug-likeness (QED) is 0.811. The van der Waals surface area contributed by atoms with Gasteiger partial charge in [0.1, 0.15) is 5.92 Å². The van der Waals surface area contributed by atoms with Gasteiger partial charge < -0.3 is 10.4 Å². The van der Waals surface area contributed by atoms with E-state index in [2.05, 4.69) is 5.32 Å². The summed E-state index contributed by atoms with van der Waals surface area (Å²) in [5.41, 5.74) is 0.875. The average Bonchev–Trinajstić information content (AvgIpc) is 2.28. The Morgan fingerprint density at radius 3 is 2.24 bits per heavy atom. The fourth-order valence-electron chi connectivity index (χ4n) is 1.29. The van der Waals surface area contributed by atoms with Crippen molar-refractivity contribution in [2.45, 2.75) is 19.9 Å². The van der Waals surface area contributed by atoms with Crippen LogP contribution in [0.1, 0.15) is 25.5 Å². The van der Waals surface area contributed by atoms with Crippen LogP contribution in [0, 0.1) is 5.92 Å². The van der Waals surface area contributed by atoms with Crippen molar-refractivity contribution in [3.63, 3.8) is 0 Å². The van der Waals surface area contributed by atoms with Crippen LogP contribution < -0.4 is 5.32 Å². The summed E-state index contributed by atoms with van der Waals surface area (Å²) in [6, 6.07) is 6.78. The van der Waals surface area contributed by atoms with Crippen LogP contribution in [0.4, 0.5) is 0 Å². The van der Waals surface area contributed by atoms with Crippen molar-refractivity contribution in [1.82, 2.24) is 5.32 Å². The SMILES string of the molecule is CC(C(=O)O)C(=O)NC(C)c1ccc(Cl)cc1. The van der Waals surface area contributed by atoms with Gasteiger partial charge in [-0.1, -0.05) is 23.7 Å². The maximum absolute atomic E-state index is 11.5. The largest absolute Gasteiger partial charge is 0.481 e. The van der Waals surface area contributed by atoms with Crippen LogP contribution in [0.2, 0.25) is 5.02 Å². The van der Waals surface area contributed by atoms with Crippen LogP contribution in [0.25, 0.3) is 0 Å². The molecule has 0 bridgehead atoms. The number of halogens is 1. The second-order valence-corrected chi connectivity index (χ2v) is 4.28. The fraction of sp³-hybridized carbons (Fsp3) is 0.333. The number of hydrogen-bond donors (Lipinski definition) is 2. The molecule has 1 aromatic rings. The highest BCUT2D eigenvalue weighted by Crippen LogP contribution is 2.16. The Bertz CT molecular complexity index is 416. The first kappa shape index (κ1) is 13.5. The molecule has 0 saturated carbocycles. The molecule has 0 radical (unpaired) electrons. The predicted molar refractivity (Wildman–Crippen MR) is 64.8 cm³/mol. The van der Waals surface area contributed by atoms with E-state index in [9.17, 15) is 9.59 Å². The fourth-order valence-corrected chi connectivity index (χ4v) is 1.41. The summed E-state index contributed by atoms with van der Waals surface area (Å²) in [5.74, 6) is -2.68. The van der Waals surface area contributed by atoms with Gasteiger partial charge in [0.25, 0.3) is 0 Å². The molecular weight excluding hydrogens is 242 g/mol. The molecule has 2 unspecified atom stereocenters. The maximum atomic E-state index is 11.5. The van der Waals surface area contributed by atoms with E-state index in [-0.39, 0.29) is 6.04 Å². The molecular formula is C12H14ClNO3. The molecule has 4 nitrogen and oxygen atoms in total. The molecule has 2 atom stereocenters. The lowest BCUT2D eigenvalue weighted by Crippen LogP contribution is -2.35. The Hall–Kier alpha value is -1.55. The highest BCUT2D eigenvalue weighted by atomic mass is 35.5. The number of nitrogens with one attached hydrogen (secondary N) is 1. The average molecular weight is 256 g/mol. The normalized spacial score (nSPS) is 13.8. The summed E-state index contributed by atoms with van der Waals surface area (Å²) in [6.07, 6.45) is 0. The van der Waals surface area contributed by atoms with Gasteiger partial charge >= 0.3 is 5.97 Å². The predicted octanol–water partition coefficient (Wildman–Crippen LogP) is 2.24. The van der Waals surface area contributed by atoms with E-state index in [0.29, 0.717) is 5.02 Å². The number of amides is 1. The van der Waals surface area contributed by atoms with Crippen LogP contribution in [0.15, 0.2) is 24.3 Å². The Balaban J connectivity index is 2.66. The van der Waals surface area contributed by atoms with E-state index in [1.54, 1.807) is 31.2 Å². The van der Waals surface area contributed by atoms with Gasteiger partial charge in [-0.05, 0) is 31.5 Å². The Morgan fingerprint density at radius 2 is 1.76 bits per heavy atom. The second-order valence-electron chi connectivity index (χ2n) is 3.84. The zero-order valence-electron chi connectivity index (χ0n) is 9.61. The van der Waals surface area contributed by atoms with E-state index < -0.39 is 17.8 Å². The molecule has 2 N–H and O–H groups in total. The third kappa shape index (κ3) is 3.75. The molecule has 1 aromatic carbocycles. The molecule has 92 valence electrons. The smallest absolute Gasteiger partial charge is 0.315 e. The van der Waals surface area contributed by atoms with Crippen LogP contribution in [0.3, 0.4) is 0 Å². The zero-order valence-corrected chi connectivity index (χ0v) is 10.4.